The van der Waals surface area contributed by atoms with Crippen molar-refractivity contribution in [1.82, 2.24) is 5.32 Å². The van der Waals surface area contributed by atoms with Gasteiger partial charge in [0.25, 0.3) is 0 Å². The monoisotopic (exact) mass is 255 g/mol. The first-order chi connectivity index (χ1) is 8.24. The Hall–Kier alpha value is -1.26. The predicted octanol–water partition coefficient (Wildman–Crippen LogP) is 1.62. The van der Waals surface area contributed by atoms with E-state index in [1.165, 1.54) is 0 Å². The number of benzene rings is 1. The number of hydrogen-bond donors (Lipinski definition) is 1. The van der Waals surface area contributed by atoms with Gasteiger partial charge in [-0.1, -0.05) is 17.7 Å². The third kappa shape index (κ3) is 3.91. The summed E-state index contributed by atoms with van der Waals surface area (Å²) in [5.41, 5.74) is 0. The van der Waals surface area contributed by atoms with Gasteiger partial charge in [-0.05, 0) is 18.2 Å². The first kappa shape index (κ1) is 12.2. The lowest BCUT2D eigenvalue weighted by Gasteiger charge is -2.26. The molecule has 1 saturated heterocycles. The number of ether oxygens (including phenoxy) is 2. The number of hydrogen-bond acceptors (Lipinski definition) is 3. The van der Waals surface area contributed by atoms with E-state index in [9.17, 15) is 4.79 Å². The maximum Gasteiger partial charge on any atom is 0.223 e. The molecule has 0 unspecified atom stereocenters. The van der Waals surface area contributed by atoms with Gasteiger partial charge in [-0.3, -0.25) is 4.79 Å². The molecule has 0 aliphatic carbocycles. The lowest BCUT2D eigenvalue weighted by atomic mass is 10.2. The van der Waals surface area contributed by atoms with Crippen LogP contribution < -0.4 is 10.1 Å². The van der Waals surface area contributed by atoms with Crippen molar-refractivity contribution in [2.45, 2.75) is 12.5 Å². The molecule has 1 aliphatic heterocycles. The van der Waals surface area contributed by atoms with Crippen LogP contribution in [0.25, 0.3) is 0 Å². The Morgan fingerprint density at radius 3 is 3.00 bits per heavy atom. The average molecular weight is 256 g/mol. The second-order valence-electron chi connectivity index (χ2n) is 3.86. The van der Waals surface area contributed by atoms with Crippen molar-refractivity contribution in [3.8, 4) is 5.75 Å². The van der Waals surface area contributed by atoms with Gasteiger partial charge in [-0.15, -0.1) is 0 Å². The smallest absolute Gasteiger partial charge is 0.223 e. The molecule has 0 bridgehead atoms. The van der Waals surface area contributed by atoms with Gasteiger partial charge in [0.15, 0.2) is 0 Å². The molecule has 1 aromatic rings. The zero-order valence-corrected chi connectivity index (χ0v) is 10.1. The lowest BCUT2D eigenvalue weighted by molar-refractivity contribution is -0.125. The topological polar surface area (TPSA) is 47.6 Å². The highest BCUT2D eigenvalue weighted by molar-refractivity contribution is 6.30. The minimum absolute atomic E-state index is 0.0136. The summed E-state index contributed by atoms with van der Waals surface area (Å²) >= 11 is 5.81. The Balaban J connectivity index is 1.66. The summed E-state index contributed by atoms with van der Waals surface area (Å²) in [4.78, 5) is 11.4. The van der Waals surface area contributed by atoms with Gasteiger partial charge in [0.2, 0.25) is 5.91 Å². The van der Waals surface area contributed by atoms with E-state index in [4.69, 9.17) is 21.1 Å². The van der Waals surface area contributed by atoms with Crippen molar-refractivity contribution in [3.05, 3.63) is 29.3 Å². The molecule has 1 N–H and O–H groups in total. The molecule has 1 amide bonds. The Labute approximate surface area is 105 Å². The van der Waals surface area contributed by atoms with E-state index >= 15 is 0 Å². The Kier molecular flexibility index (Phi) is 4.23. The Morgan fingerprint density at radius 2 is 2.35 bits per heavy atom. The van der Waals surface area contributed by atoms with Gasteiger partial charge >= 0.3 is 0 Å². The van der Waals surface area contributed by atoms with E-state index in [1.807, 2.05) is 12.1 Å². The van der Waals surface area contributed by atoms with Gasteiger partial charge < -0.3 is 14.8 Å². The molecule has 4 nitrogen and oxygen atoms in total. The van der Waals surface area contributed by atoms with Crippen molar-refractivity contribution in [1.29, 1.82) is 0 Å². The molecular weight excluding hydrogens is 242 g/mol. The molecule has 2 rings (SSSR count). The summed E-state index contributed by atoms with van der Waals surface area (Å²) in [5, 5.41) is 3.47. The maximum absolute atomic E-state index is 11.4. The highest BCUT2D eigenvalue weighted by atomic mass is 35.5. The highest BCUT2D eigenvalue weighted by Crippen LogP contribution is 2.17. The Bertz CT molecular complexity index is 393. The van der Waals surface area contributed by atoms with E-state index in [1.54, 1.807) is 12.1 Å². The molecule has 1 heterocycles. The molecule has 1 aliphatic rings. The number of nitrogens with one attached hydrogen (secondary N) is 1. The molecule has 92 valence electrons. The van der Waals surface area contributed by atoms with Gasteiger partial charge in [-0.2, -0.15) is 0 Å². The van der Waals surface area contributed by atoms with Crippen LogP contribution in [0.4, 0.5) is 0 Å². The molecule has 0 spiro atoms. The minimum atomic E-state index is -0.0136. The first-order valence-corrected chi connectivity index (χ1v) is 5.87. The van der Waals surface area contributed by atoms with Crippen LogP contribution in [0.3, 0.4) is 0 Å². The van der Waals surface area contributed by atoms with Crippen molar-refractivity contribution < 1.29 is 14.3 Å². The average Bonchev–Trinajstić information content (AvgIpc) is 2.24. The van der Waals surface area contributed by atoms with Crippen LogP contribution in [0.5, 0.6) is 5.75 Å². The molecule has 0 saturated carbocycles. The van der Waals surface area contributed by atoms with E-state index < -0.39 is 0 Å². The SMILES string of the molecule is O=C(CCOc1cccc(Cl)c1)NC1COC1. The second kappa shape index (κ2) is 5.89. The van der Waals surface area contributed by atoms with Crippen molar-refractivity contribution in [2.75, 3.05) is 19.8 Å². The normalized spacial score (nSPS) is 15.1. The van der Waals surface area contributed by atoms with Gasteiger partial charge in [-0.25, -0.2) is 0 Å². The quantitative estimate of drug-likeness (QED) is 0.870. The fourth-order valence-corrected chi connectivity index (χ4v) is 1.62. The number of halogens is 1. The molecule has 1 fully saturated rings. The Morgan fingerprint density at radius 1 is 1.53 bits per heavy atom. The maximum atomic E-state index is 11.4. The molecule has 17 heavy (non-hydrogen) atoms. The highest BCUT2D eigenvalue weighted by Gasteiger charge is 2.19. The molecule has 1 aromatic carbocycles. The second-order valence-corrected chi connectivity index (χ2v) is 4.29. The first-order valence-electron chi connectivity index (χ1n) is 5.49. The van der Waals surface area contributed by atoms with Crippen LogP contribution >= 0.6 is 11.6 Å². The summed E-state index contributed by atoms with van der Waals surface area (Å²) in [6.07, 6.45) is 0.336. The van der Waals surface area contributed by atoms with Crippen LogP contribution in [0, 0.1) is 0 Å². The summed E-state index contributed by atoms with van der Waals surface area (Å²) in [7, 11) is 0. The van der Waals surface area contributed by atoms with Crippen LogP contribution in [-0.2, 0) is 9.53 Å². The summed E-state index contributed by atoms with van der Waals surface area (Å²) in [6, 6.07) is 7.29. The molecule has 0 aromatic heterocycles. The number of amides is 1. The largest absolute Gasteiger partial charge is 0.493 e. The molecule has 5 heteroatoms. The summed E-state index contributed by atoms with van der Waals surface area (Å²) in [5.74, 6) is 0.664. The third-order valence-corrected chi connectivity index (χ3v) is 2.63. The zero-order chi connectivity index (χ0) is 12.1. The third-order valence-electron chi connectivity index (χ3n) is 2.40. The van der Waals surface area contributed by atoms with Crippen molar-refractivity contribution >= 4 is 17.5 Å². The van der Waals surface area contributed by atoms with Gasteiger partial charge in [0.1, 0.15) is 5.75 Å². The lowest BCUT2D eigenvalue weighted by Crippen LogP contribution is -2.48. The van der Waals surface area contributed by atoms with Crippen LogP contribution in [0.1, 0.15) is 6.42 Å². The number of carbonyl (C=O) groups excluding carboxylic acids is 1. The fourth-order valence-electron chi connectivity index (χ4n) is 1.44. The fraction of sp³-hybridized carbons (Fsp3) is 0.417. The van der Waals surface area contributed by atoms with E-state index in [-0.39, 0.29) is 11.9 Å². The predicted molar refractivity (Wildman–Crippen MR) is 64.3 cm³/mol. The zero-order valence-electron chi connectivity index (χ0n) is 9.32. The van der Waals surface area contributed by atoms with Gasteiger partial charge in [0, 0.05) is 5.02 Å². The van der Waals surface area contributed by atoms with Crippen LogP contribution in [0.2, 0.25) is 5.02 Å². The summed E-state index contributed by atoms with van der Waals surface area (Å²) < 4.78 is 10.4. The van der Waals surface area contributed by atoms with Crippen LogP contribution in [-0.4, -0.2) is 31.8 Å². The van der Waals surface area contributed by atoms with E-state index in [2.05, 4.69) is 5.32 Å². The van der Waals surface area contributed by atoms with E-state index in [0.29, 0.717) is 37.0 Å². The minimum Gasteiger partial charge on any atom is -0.493 e. The van der Waals surface area contributed by atoms with Crippen molar-refractivity contribution in [3.63, 3.8) is 0 Å². The molecular formula is C12H14ClNO3. The standard InChI is InChI=1S/C12H14ClNO3/c13-9-2-1-3-11(6-9)17-5-4-12(15)14-10-7-16-8-10/h1-3,6,10H,4-5,7-8H2,(H,14,15). The van der Waals surface area contributed by atoms with Crippen LogP contribution in [0.15, 0.2) is 24.3 Å². The number of carbonyl (C=O) groups is 1. The van der Waals surface area contributed by atoms with Crippen molar-refractivity contribution in [2.24, 2.45) is 0 Å². The van der Waals surface area contributed by atoms with Gasteiger partial charge in [0.05, 0.1) is 32.3 Å². The van der Waals surface area contributed by atoms with E-state index in [0.717, 1.165) is 0 Å². The number of rotatable bonds is 5. The summed E-state index contributed by atoms with van der Waals surface area (Å²) in [6.45, 7) is 1.57. The molecule has 0 atom stereocenters. The molecule has 0 radical (unpaired) electrons.